The van der Waals surface area contributed by atoms with Crippen LogP contribution in [0, 0.1) is 41.0 Å². The number of rotatable bonds is 7. The highest BCUT2D eigenvalue weighted by molar-refractivity contribution is 5.41. The van der Waals surface area contributed by atoms with Crippen molar-refractivity contribution in [3.05, 3.63) is 63.7 Å². The molecule has 5 rings (SSSR count). The lowest BCUT2D eigenvalue weighted by atomic mass is 9.73. The van der Waals surface area contributed by atoms with Crippen molar-refractivity contribution >= 4 is 0 Å². The van der Waals surface area contributed by atoms with Gasteiger partial charge in [0.2, 0.25) is 0 Å². The molecule has 0 bridgehead atoms. The van der Waals surface area contributed by atoms with Gasteiger partial charge in [0.05, 0.1) is 0 Å². The van der Waals surface area contributed by atoms with Crippen molar-refractivity contribution in [3.63, 3.8) is 0 Å². The molecule has 0 spiro atoms. The molecule has 0 radical (unpaired) electrons. The maximum Gasteiger partial charge on any atom is 0.573 e. The number of ether oxygens (including phenoxy) is 1. The van der Waals surface area contributed by atoms with Crippen LogP contribution in [0.2, 0.25) is 0 Å². The Balaban J connectivity index is 1.22. The lowest BCUT2D eigenvalue weighted by Gasteiger charge is -2.33. The summed E-state index contributed by atoms with van der Waals surface area (Å²) in [5.74, 6) is -3.50. The lowest BCUT2D eigenvalue weighted by Crippen LogP contribution is -2.23. The van der Waals surface area contributed by atoms with Gasteiger partial charge in [0.25, 0.3) is 0 Å². The van der Waals surface area contributed by atoms with Gasteiger partial charge >= 0.3 is 6.36 Å². The molecular weight excluding hydrogens is 545 g/mol. The third-order valence-electron chi connectivity index (χ3n) is 10.2. The number of halogens is 7. The molecule has 41 heavy (non-hydrogen) atoms. The molecule has 0 N–H and O–H groups in total. The summed E-state index contributed by atoms with van der Waals surface area (Å²) in [5.41, 5.74) is 0.867. The molecule has 2 fully saturated rings. The zero-order valence-electron chi connectivity index (χ0n) is 23.6. The van der Waals surface area contributed by atoms with Gasteiger partial charge in [-0.3, -0.25) is 0 Å². The van der Waals surface area contributed by atoms with Gasteiger partial charge in [0, 0.05) is 5.56 Å². The van der Waals surface area contributed by atoms with E-state index < -0.39 is 41.3 Å². The highest BCUT2D eigenvalue weighted by atomic mass is 19.4. The summed E-state index contributed by atoms with van der Waals surface area (Å²) in [4.78, 5) is 0. The topological polar surface area (TPSA) is 9.23 Å². The van der Waals surface area contributed by atoms with Crippen LogP contribution >= 0.6 is 0 Å². The molecule has 2 aromatic carbocycles. The van der Waals surface area contributed by atoms with Crippen LogP contribution < -0.4 is 4.74 Å². The minimum atomic E-state index is -4.99. The number of hydrogen-bond acceptors (Lipinski definition) is 1. The van der Waals surface area contributed by atoms with Crippen LogP contribution in [0.3, 0.4) is 0 Å². The molecule has 0 heterocycles. The first-order valence-corrected chi connectivity index (χ1v) is 15.3. The molecule has 3 aliphatic carbocycles. The van der Waals surface area contributed by atoms with Gasteiger partial charge in [-0.1, -0.05) is 51.5 Å². The Morgan fingerprint density at radius 1 is 0.707 bits per heavy atom. The fraction of sp³-hybridized carbons (Fsp3) is 0.636. The molecule has 0 aromatic heterocycles. The highest BCUT2D eigenvalue weighted by Crippen LogP contribution is 2.45. The molecule has 0 aliphatic heterocycles. The molecule has 8 heteroatoms. The summed E-state index contributed by atoms with van der Waals surface area (Å²) in [6, 6.07) is 3.37. The van der Waals surface area contributed by atoms with Crippen LogP contribution in [-0.4, -0.2) is 6.36 Å². The molecule has 1 nitrogen and oxygen atoms in total. The number of alkyl halides is 3. The largest absolute Gasteiger partial charge is 0.573 e. The Morgan fingerprint density at radius 2 is 1.34 bits per heavy atom. The van der Waals surface area contributed by atoms with Crippen molar-refractivity contribution in [2.24, 2.45) is 17.8 Å². The average Bonchev–Trinajstić information content (AvgIpc) is 2.96. The molecule has 2 saturated carbocycles. The van der Waals surface area contributed by atoms with Gasteiger partial charge in [-0.05, 0) is 110 Å². The first kappa shape index (κ1) is 30.2. The quantitative estimate of drug-likeness (QED) is 0.232. The van der Waals surface area contributed by atoms with Crippen LogP contribution in [0.1, 0.15) is 118 Å². The predicted octanol–water partition coefficient (Wildman–Crippen LogP) is 10.7. The molecule has 0 amide bonds. The third-order valence-corrected chi connectivity index (χ3v) is 10.2. The van der Waals surface area contributed by atoms with Gasteiger partial charge in [-0.25, -0.2) is 17.6 Å². The van der Waals surface area contributed by atoms with E-state index in [1.807, 2.05) is 0 Å². The van der Waals surface area contributed by atoms with Crippen molar-refractivity contribution in [1.29, 1.82) is 0 Å². The molecule has 1 unspecified atom stereocenters. The predicted molar refractivity (Wildman–Crippen MR) is 144 cm³/mol. The van der Waals surface area contributed by atoms with Gasteiger partial charge in [-0.2, -0.15) is 0 Å². The van der Waals surface area contributed by atoms with E-state index in [0.717, 1.165) is 37.3 Å². The van der Waals surface area contributed by atoms with Crippen molar-refractivity contribution in [2.45, 2.75) is 115 Å². The number of hydrogen-bond donors (Lipinski definition) is 0. The second kappa shape index (κ2) is 12.5. The van der Waals surface area contributed by atoms with Crippen LogP contribution in [0.5, 0.6) is 5.75 Å². The van der Waals surface area contributed by atoms with E-state index >= 15 is 13.2 Å². The maximum absolute atomic E-state index is 15.7. The summed E-state index contributed by atoms with van der Waals surface area (Å²) >= 11 is 0. The van der Waals surface area contributed by atoms with Crippen molar-refractivity contribution in [3.8, 4) is 5.75 Å². The van der Waals surface area contributed by atoms with E-state index in [0.29, 0.717) is 55.6 Å². The summed E-state index contributed by atoms with van der Waals surface area (Å²) in [6.07, 6.45) is 6.64. The van der Waals surface area contributed by atoms with E-state index in [9.17, 15) is 17.6 Å². The second-order valence-electron chi connectivity index (χ2n) is 12.6. The minimum Gasteiger partial charge on any atom is -0.403 e. The standard InChI is InChI=1S/C33H39F7O/c1-2-19-3-5-20(6-4-19)7-8-21-9-15-25-26(17-21)31(36)32(37)29(30(25)35)23-12-10-22(11-13-23)24-14-16-28(27(34)18-24)41-33(38,39)40/h14,16,18-23H,2-13,15,17H2,1H3. The van der Waals surface area contributed by atoms with Crippen LogP contribution in [0.4, 0.5) is 30.7 Å². The highest BCUT2D eigenvalue weighted by Gasteiger charge is 2.36. The Bertz CT molecular complexity index is 1210. The monoisotopic (exact) mass is 584 g/mol. The van der Waals surface area contributed by atoms with E-state index in [1.54, 1.807) is 0 Å². The summed E-state index contributed by atoms with van der Waals surface area (Å²) < 4.78 is 102. The second-order valence-corrected chi connectivity index (χ2v) is 12.6. The zero-order chi connectivity index (χ0) is 29.3. The maximum atomic E-state index is 15.7. The molecule has 226 valence electrons. The van der Waals surface area contributed by atoms with Crippen molar-refractivity contribution in [2.75, 3.05) is 0 Å². The SMILES string of the molecule is CCC1CCC(CCC2CCc3c(F)c(C4CCC(c5ccc(OC(F)(F)F)c(F)c5)CC4)c(F)c(F)c3C2)CC1. The normalized spacial score (nSPS) is 27.0. The summed E-state index contributed by atoms with van der Waals surface area (Å²) in [7, 11) is 0. The fourth-order valence-corrected chi connectivity index (χ4v) is 7.69. The van der Waals surface area contributed by atoms with E-state index in [4.69, 9.17) is 0 Å². The first-order valence-electron chi connectivity index (χ1n) is 15.3. The minimum absolute atomic E-state index is 0.174. The van der Waals surface area contributed by atoms with E-state index in [-0.39, 0.29) is 23.0 Å². The van der Waals surface area contributed by atoms with Crippen LogP contribution in [0.25, 0.3) is 0 Å². The average molecular weight is 585 g/mol. The molecular formula is C33H39F7O. The van der Waals surface area contributed by atoms with Crippen molar-refractivity contribution in [1.82, 2.24) is 0 Å². The van der Waals surface area contributed by atoms with Gasteiger partial charge < -0.3 is 4.74 Å². The first-order chi connectivity index (χ1) is 19.5. The Morgan fingerprint density at radius 3 is 1.98 bits per heavy atom. The molecule has 2 aromatic rings. The van der Waals surface area contributed by atoms with Gasteiger partial charge in [0.15, 0.2) is 23.2 Å². The molecule has 0 saturated heterocycles. The smallest absolute Gasteiger partial charge is 0.403 e. The molecule has 1 atom stereocenters. The van der Waals surface area contributed by atoms with Crippen LogP contribution in [-0.2, 0) is 12.8 Å². The summed E-state index contributed by atoms with van der Waals surface area (Å²) in [5, 5.41) is 0. The Hall–Kier alpha value is -2.25. The number of fused-ring (bicyclic) bond motifs is 1. The zero-order valence-corrected chi connectivity index (χ0v) is 23.6. The lowest BCUT2D eigenvalue weighted by molar-refractivity contribution is -0.275. The number of benzene rings is 2. The summed E-state index contributed by atoms with van der Waals surface area (Å²) in [6.45, 7) is 2.25. The van der Waals surface area contributed by atoms with Gasteiger partial charge in [0.1, 0.15) is 5.82 Å². The Kier molecular flexibility index (Phi) is 9.25. The van der Waals surface area contributed by atoms with Crippen molar-refractivity contribution < 1.29 is 35.5 Å². The van der Waals surface area contributed by atoms with Crippen LogP contribution in [0.15, 0.2) is 18.2 Å². The van der Waals surface area contributed by atoms with E-state index in [2.05, 4.69) is 11.7 Å². The Labute approximate surface area is 237 Å². The molecule has 3 aliphatic rings. The third kappa shape index (κ3) is 6.88. The van der Waals surface area contributed by atoms with E-state index in [1.165, 1.54) is 38.2 Å². The fourth-order valence-electron chi connectivity index (χ4n) is 7.69. The van der Waals surface area contributed by atoms with Gasteiger partial charge in [-0.15, -0.1) is 13.2 Å².